The summed E-state index contributed by atoms with van der Waals surface area (Å²) in [5.41, 5.74) is 0. The smallest absolute Gasteiger partial charge is 0.141 e. The third-order valence-electron chi connectivity index (χ3n) is 2.20. The Morgan fingerprint density at radius 1 is 1.56 bits per heavy atom. The second kappa shape index (κ2) is 6.75. The van der Waals surface area contributed by atoms with Crippen LogP contribution in [-0.2, 0) is 17.3 Å². The molecule has 1 rings (SSSR count). The lowest BCUT2D eigenvalue weighted by Gasteiger charge is -2.09. The molecular formula is C10H20N4OS. The summed E-state index contributed by atoms with van der Waals surface area (Å²) in [6.07, 6.45) is 4.24. The molecule has 0 aliphatic rings. The predicted molar refractivity (Wildman–Crippen MR) is 65.7 cm³/mol. The average molecular weight is 244 g/mol. The minimum Gasteiger partial charge on any atom is -0.310 e. The molecule has 0 aliphatic heterocycles. The van der Waals surface area contributed by atoms with E-state index in [1.807, 2.05) is 4.68 Å². The van der Waals surface area contributed by atoms with E-state index in [1.54, 1.807) is 12.6 Å². The van der Waals surface area contributed by atoms with Gasteiger partial charge in [-0.05, 0) is 26.8 Å². The van der Waals surface area contributed by atoms with Gasteiger partial charge in [-0.2, -0.15) is 5.10 Å². The topological polar surface area (TPSA) is 59.8 Å². The molecule has 0 amide bonds. The molecule has 1 atom stereocenters. The molecule has 92 valence electrons. The number of hydrogen-bond donors (Lipinski definition) is 1. The summed E-state index contributed by atoms with van der Waals surface area (Å²) in [7, 11) is -0.691. The van der Waals surface area contributed by atoms with E-state index in [4.69, 9.17) is 0 Å². The van der Waals surface area contributed by atoms with E-state index < -0.39 is 10.8 Å². The van der Waals surface area contributed by atoms with Crippen LogP contribution in [0.25, 0.3) is 0 Å². The van der Waals surface area contributed by atoms with Crippen molar-refractivity contribution in [2.24, 2.45) is 0 Å². The minimum atomic E-state index is -0.691. The van der Waals surface area contributed by atoms with E-state index >= 15 is 0 Å². The van der Waals surface area contributed by atoms with Crippen LogP contribution in [0.15, 0.2) is 6.33 Å². The SMILES string of the molecule is CC(C)n1ncnc1CNCCCS(C)=O. The van der Waals surface area contributed by atoms with Gasteiger partial charge in [0.25, 0.3) is 0 Å². The van der Waals surface area contributed by atoms with Crippen molar-refractivity contribution in [3.05, 3.63) is 12.2 Å². The van der Waals surface area contributed by atoms with Crippen LogP contribution in [0.5, 0.6) is 0 Å². The number of hydrogen-bond acceptors (Lipinski definition) is 4. The van der Waals surface area contributed by atoms with Crippen LogP contribution in [0.2, 0.25) is 0 Å². The molecule has 0 aromatic carbocycles. The lowest BCUT2D eigenvalue weighted by molar-refractivity contribution is 0.490. The molecule has 1 unspecified atom stereocenters. The zero-order valence-electron chi connectivity index (χ0n) is 10.1. The van der Waals surface area contributed by atoms with Crippen molar-refractivity contribution in [2.45, 2.75) is 32.9 Å². The maximum absolute atomic E-state index is 10.8. The molecule has 5 nitrogen and oxygen atoms in total. The summed E-state index contributed by atoms with van der Waals surface area (Å²) in [5.74, 6) is 1.71. The van der Waals surface area contributed by atoms with Crippen LogP contribution >= 0.6 is 0 Å². The van der Waals surface area contributed by atoms with Gasteiger partial charge in [0.15, 0.2) is 0 Å². The summed E-state index contributed by atoms with van der Waals surface area (Å²) < 4.78 is 12.7. The van der Waals surface area contributed by atoms with Gasteiger partial charge in [-0.25, -0.2) is 9.67 Å². The Hall–Kier alpha value is -0.750. The van der Waals surface area contributed by atoms with Crippen molar-refractivity contribution in [3.8, 4) is 0 Å². The molecule has 16 heavy (non-hydrogen) atoms. The first-order valence-corrected chi connectivity index (χ1v) is 7.23. The molecule has 1 aromatic rings. The van der Waals surface area contributed by atoms with Crippen molar-refractivity contribution in [3.63, 3.8) is 0 Å². The highest BCUT2D eigenvalue weighted by Gasteiger charge is 2.06. The second-order valence-corrected chi connectivity index (χ2v) is 5.58. The van der Waals surface area contributed by atoms with Crippen LogP contribution in [0.1, 0.15) is 32.1 Å². The maximum atomic E-state index is 10.8. The summed E-state index contributed by atoms with van der Waals surface area (Å²) in [5, 5.41) is 7.44. The standard InChI is InChI=1S/C10H20N4OS/c1-9(2)14-10(12-8-13-14)7-11-5-4-6-16(3)15/h8-9,11H,4-7H2,1-3H3. The molecule has 1 aromatic heterocycles. The molecular weight excluding hydrogens is 224 g/mol. The largest absolute Gasteiger partial charge is 0.310 e. The van der Waals surface area contributed by atoms with Gasteiger partial charge in [0.05, 0.1) is 6.54 Å². The fourth-order valence-electron chi connectivity index (χ4n) is 1.43. The van der Waals surface area contributed by atoms with Crippen LogP contribution in [-0.4, -0.2) is 37.5 Å². The molecule has 6 heteroatoms. The van der Waals surface area contributed by atoms with Gasteiger partial charge < -0.3 is 5.32 Å². The molecule has 0 aliphatic carbocycles. The summed E-state index contributed by atoms with van der Waals surface area (Å²) in [4.78, 5) is 4.20. The monoisotopic (exact) mass is 244 g/mol. The fraction of sp³-hybridized carbons (Fsp3) is 0.800. The number of rotatable bonds is 7. The summed E-state index contributed by atoms with van der Waals surface area (Å²) >= 11 is 0. The number of nitrogens with zero attached hydrogens (tertiary/aromatic N) is 3. The van der Waals surface area contributed by atoms with Crippen molar-refractivity contribution in [1.82, 2.24) is 20.1 Å². The molecule has 0 radical (unpaired) electrons. The van der Waals surface area contributed by atoms with Gasteiger partial charge in [-0.1, -0.05) is 0 Å². The predicted octanol–water partition coefficient (Wildman–Crippen LogP) is 0.717. The highest BCUT2D eigenvalue weighted by molar-refractivity contribution is 7.84. The van der Waals surface area contributed by atoms with Crippen LogP contribution in [0, 0.1) is 0 Å². The molecule has 1 heterocycles. The first-order chi connectivity index (χ1) is 7.61. The van der Waals surface area contributed by atoms with E-state index in [9.17, 15) is 4.21 Å². The van der Waals surface area contributed by atoms with Gasteiger partial charge in [-0.3, -0.25) is 4.21 Å². The van der Waals surface area contributed by atoms with Gasteiger partial charge in [0, 0.05) is 28.9 Å². The lowest BCUT2D eigenvalue weighted by Crippen LogP contribution is -2.20. The van der Waals surface area contributed by atoms with Crippen LogP contribution in [0.3, 0.4) is 0 Å². The highest BCUT2D eigenvalue weighted by atomic mass is 32.2. The Bertz CT molecular complexity index is 337. The Morgan fingerprint density at radius 3 is 2.94 bits per heavy atom. The third kappa shape index (κ3) is 4.40. The molecule has 0 saturated heterocycles. The molecule has 1 N–H and O–H groups in total. The van der Waals surface area contributed by atoms with Crippen molar-refractivity contribution in [1.29, 1.82) is 0 Å². The van der Waals surface area contributed by atoms with Crippen molar-refractivity contribution < 1.29 is 4.21 Å². The Morgan fingerprint density at radius 2 is 2.31 bits per heavy atom. The fourth-order valence-corrected chi connectivity index (χ4v) is 1.98. The summed E-state index contributed by atoms with van der Waals surface area (Å²) in [6, 6.07) is 0.336. The Kier molecular flexibility index (Phi) is 5.62. The molecule has 0 bridgehead atoms. The first-order valence-electron chi connectivity index (χ1n) is 5.50. The maximum Gasteiger partial charge on any atom is 0.141 e. The normalized spacial score (nSPS) is 13.2. The van der Waals surface area contributed by atoms with E-state index in [2.05, 4.69) is 29.2 Å². The molecule has 0 fully saturated rings. The van der Waals surface area contributed by atoms with Crippen molar-refractivity contribution >= 4 is 10.8 Å². The number of aromatic nitrogens is 3. The van der Waals surface area contributed by atoms with E-state index in [0.29, 0.717) is 12.6 Å². The highest BCUT2D eigenvalue weighted by Crippen LogP contribution is 2.04. The first kappa shape index (κ1) is 13.3. The van der Waals surface area contributed by atoms with Gasteiger partial charge in [0.2, 0.25) is 0 Å². The van der Waals surface area contributed by atoms with E-state index in [-0.39, 0.29) is 0 Å². The van der Waals surface area contributed by atoms with Crippen molar-refractivity contribution in [2.75, 3.05) is 18.6 Å². The lowest BCUT2D eigenvalue weighted by atomic mass is 10.4. The van der Waals surface area contributed by atoms with Gasteiger partial charge in [-0.15, -0.1) is 0 Å². The van der Waals surface area contributed by atoms with E-state index in [0.717, 1.165) is 24.5 Å². The zero-order chi connectivity index (χ0) is 12.0. The Labute approximate surface area is 99.1 Å². The molecule has 0 spiro atoms. The summed E-state index contributed by atoms with van der Waals surface area (Å²) in [6.45, 7) is 5.75. The average Bonchev–Trinajstić information content (AvgIpc) is 2.65. The van der Waals surface area contributed by atoms with Crippen LogP contribution < -0.4 is 5.32 Å². The third-order valence-corrected chi connectivity index (χ3v) is 3.07. The van der Waals surface area contributed by atoms with Crippen LogP contribution in [0.4, 0.5) is 0 Å². The zero-order valence-corrected chi connectivity index (χ0v) is 11.0. The molecule has 0 saturated carbocycles. The Balaban J connectivity index is 2.26. The quantitative estimate of drug-likeness (QED) is 0.718. The second-order valence-electron chi connectivity index (χ2n) is 4.02. The van der Waals surface area contributed by atoms with Gasteiger partial charge >= 0.3 is 0 Å². The number of nitrogens with one attached hydrogen (secondary N) is 1. The van der Waals surface area contributed by atoms with E-state index in [1.165, 1.54) is 0 Å². The van der Waals surface area contributed by atoms with Gasteiger partial charge in [0.1, 0.15) is 12.2 Å². The minimum absolute atomic E-state index is 0.336.